The fourth-order valence-electron chi connectivity index (χ4n) is 4.68. The summed E-state index contributed by atoms with van der Waals surface area (Å²) < 4.78 is 44.9. The first-order chi connectivity index (χ1) is 18.9. The monoisotopic (exact) mass is 564 g/mol. The molecule has 0 fully saturated rings. The molecule has 40 heavy (non-hydrogen) atoms. The van der Waals surface area contributed by atoms with Crippen molar-refractivity contribution >= 4 is 16.3 Å². The number of ether oxygens (including phenoxy) is 1. The topological polar surface area (TPSA) is 25.4 Å². The summed E-state index contributed by atoms with van der Waals surface area (Å²) in [6.07, 6.45) is -1.46. The Morgan fingerprint density at radius 1 is 0.950 bits per heavy atom. The second kappa shape index (κ2) is 11.9. The Bertz CT molecular complexity index is 1470. The van der Waals surface area contributed by atoms with Crippen molar-refractivity contribution in [3.05, 3.63) is 113 Å². The summed E-state index contributed by atoms with van der Waals surface area (Å²) in [7, 11) is 1.66. The van der Waals surface area contributed by atoms with Crippen molar-refractivity contribution < 1.29 is 17.9 Å². The Labute approximate surface area is 239 Å². The van der Waals surface area contributed by atoms with Crippen molar-refractivity contribution in [2.45, 2.75) is 53.4 Å². The Morgan fingerprint density at radius 3 is 2.27 bits per heavy atom. The molecule has 0 saturated heterocycles. The predicted molar refractivity (Wildman–Crippen MR) is 159 cm³/mol. The van der Waals surface area contributed by atoms with Crippen LogP contribution in [-0.4, -0.2) is 12.1 Å². The number of rotatable bonds is 10. The lowest BCUT2D eigenvalue weighted by Crippen LogP contribution is -2.22. The van der Waals surface area contributed by atoms with Crippen LogP contribution in [0.5, 0.6) is 5.75 Å². The van der Waals surface area contributed by atoms with Crippen LogP contribution in [0.15, 0.2) is 79.4 Å². The van der Waals surface area contributed by atoms with E-state index in [4.69, 9.17) is 9.72 Å². The molecule has 0 unspecified atom stereocenters. The zero-order chi connectivity index (χ0) is 29.1. The van der Waals surface area contributed by atoms with E-state index in [1.807, 2.05) is 37.3 Å². The average molecular weight is 565 g/mol. The molecule has 0 saturated carbocycles. The van der Waals surface area contributed by atoms with Crippen LogP contribution in [0.1, 0.15) is 47.4 Å². The van der Waals surface area contributed by atoms with Gasteiger partial charge in [-0.05, 0) is 60.6 Å². The van der Waals surface area contributed by atoms with Gasteiger partial charge in [0.05, 0.1) is 18.4 Å². The highest BCUT2D eigenvalue weighted by molar-refractivity contribution is 7.19. The van der Waals surface area contributed by atoms with Crippen molar-refractivity contribution in [2.75, 3.05) is 12.0 Å². The number of hydrogen-bond donors (Lipinski definition) is 0. The molecular weight excluding hydrogens is 529 g/mol. The van der Waals surface area contributed by atoms with Gasteiger partial charge in [-0.2, -0.15) is 13.2 Å². The summed E-state index contributed by atoms with van der Waals surface area (Å²) in [6.45, 7) is 13.7. The van der Waals surface area contributed by atoms with Gasteiger partial charge in [0, 0.05) is 24.2 Å². The van der Waals surface area contributed by atoms with Gasteiger partial charge in [-0.3, -0.25) is 0 Å². The molecule has 4 rings (SSSR count). The molecule has 0 spiro atoms. The van der Waals surface area contributed by atoms with Gasteiger partial charge in [0.1, 0.15) is 15.8 Å². The van der Waals surface area contributed by atoms with Crippen LogP contribution in [0, 0.1) is 19.3 Å². The molecule has 0 radical (unpaired) electrons. The van der Waals surface area contributed by atoms with E-state index < -0.39 is 11.7 Å². The van der Waals surface area contributed by atoms with E-state index in [-0.39, 0.29) is 5.41 Å². The summed E-state index contributed by atoms with van der Waals surface area (Å²) in [5, 5.41) is 1.65. The maximum absolute atomic E-state index is 13.1. The van der Waals surface area contributed by atoms with E-state index in [0.29, 0.717) is 23.7 Å². The minimum absolute atomic E-state index is 0.0105. The zero-order valence-electron chi connectivity index (χ0n) is 23.6. The highest BCUT2D eigenvalue weighted by Crippen LogP contribution is 2.38. The smallest absolute Gasteiger partial charge is 0.416 e. The third-order valence-electron chi connectivity index (χ3n) is 7.05. The van der Waals surface area contributed by atoms with E-state index >= 15 is 0 Å². The number of para-hydroxylation sites is 1. The van der Waals surface area contributed by atoms with E-state index in [1.54, 1.807) is 7.11 Å². The molecule has 0 aliphatic heterocycles. The quantitative estimate of drug-likeness (QED) is 0.179. The second-order valence-electron chi connectivity index (χ2n) is 10.8. The summed E-state index contributed by atoms with van der Waals surface area (Å²) in [6, 6.07) is 19.7. The molecule has 1 heterocycles. The first-order valence-corrected chi connectivity index (χ1v) is 14.0. The molecule has 1 aromatic heterocycles. The van der Waals surface area contributed by atoms with Gasteiger partial charge in [-0.25, -0.2) is 4.98 Å². The predicted octanol–water partition coefficient (Wildman–Crippen LogP) is 9.42. The third kappa shape index (κ3) is 6.94. The zero-order valence-corrected chi connectivity index (χ0v) is 24.4. The van der Waals surface area contributed by atoms with E-state index in [9.17, 15) is 13.2 Å². The molecule has 0 N–H and O–H groups in total. The molecule has 7 heteroatoms. The van der Waals surface area contributed by atoms with Crippen LogP contribution in [0.25, 0.3) is 10.6 Å². The minimum atomic E-state index is -4.37. The summed E-state index contributed by atoms with van der Waals surface area (Å²) in [4.78, 5) is 7.02. The van der Waals surface area contributed by atoms with Crippen LogP contribution in [0.2, 0.25) is 0 Å². The largest absolute Gasteiger partial charge is 0.496 e. The number of aryl methyl sites for hydroxylation is 2. The molecule has 0 aliphatic carbocycles. The van der Waals surface area contributed by atoms with Gasteiger partial charge in [0.2, 0.25) is 0 Å². The van der Waals surface area contributed by atoms with Crippen molar-refractivity contribution in [3.8, 4) is 16.3 Å². The van der Waals surface area contributed by atoms with Crippen molar-refractivity contribution in [3.63, 3.8) is 0 Å². The van der Waals surface area contributed by atoms with E-state index in [1.165, 1.54) is 34.6 Å². The molecule has 0 amide bonds. The summed E-state index contributed by atoms with van der Waals surface area (Å²) in [5.74, 6) is 0.802. The maximum Gasteiger partial charge on any atom is 0.416 e. The number of thiazole rings is 1. The molecule has 0 aliphatic rings. The summed E-state index contributed by atoms with van der Waals surface area (Å²) >= 11 is 1.49. The SMILES string of the molecule is C=CC(C)(C)Cc1ccc(CN(Cc2ccccc2OC)c2sc(-c3ccc(C(F)(F)F)cc3)nc2C)cc1C. The van der Waals surface area contributed by atoms with Crippen LogP contribution in [-0.2, 0) is 25.7 Å². The fourth-order valence-corrected chi connectivity index (χ4v) is 5.76. The van der Waals surface area contributed by atoms with Gasteiger partial charge in [0.25, 0.3) is 0 Å². The van der Waals surface area contributed by atoms with Crippen LogP contribution < -0.4 is 9.64 Å². The normalized spacial score (nSPS) is 11.9. The average Bonchev–Trinajstić information content (AvgIpc) is 3.31. The van der Waals surface area contributed by atoms with Crippen LogP contribution >= 0.6 is 11.3 Å². The standard InChI is InChI=1S/C33H35F3N2OS/c1-7-32(4,5)19-26-13-12-24(18-22(26)2)20-38(21-27-10-8-9-11-29(27)39-6)31-23(3)37-30(40-31)25-14-16-28(17-15-25)33(34,35)36/h7-18H,1,19-21H2,2-6H3. The van der Waals surface area contributed by atoms with Crippen molar-refractivity contribution in [1.29, 1.82) is 0 Å². The highest BCUT2D eigenvalue weighted by Gasteiger charge is 2.30. The lowest BCUT2D eigenvalue weighted by atomic mass is 9.84. The number of halogens is 3. The van der Waals surface area contributed by atoms with Gasteiger partial charge < -0.3 is 9.64 Å². The molecule has 3 nitrogen and oxygen atoms in total. The van der Waals surface area contributed by atoms with Gasteiger partial charge in [-0.15, -0.1) is 6.58 Å². The first-order valence-electron chi connectivity index (χ1n) is 13.1. The Kier molecular flexibility index (Phi) is 8.74. The number of methoxy groups -OCH3 is 1. The van der Waals surface area contributed by atoms with E-state index in [0.717, 1.165) is 46.1 Å². The molecule has 0 atom stereocenters. The molecule has 4 aromatic rings. The Balaban J connectivity index is 1.69. The highest BCUT2D eigenvalue weighted by atomic mass is 32.1. The van der Waals surface area contributed by atoms with Gasteiger partial charge in [-0.1, -0.05) is 79.8 Å². The van der Waals surface area contributed by atoms with E-state index in [2.05, 4.69) is 50.4 Å². The molecule has 3 aromatic carbocycles. The number of allylic oxidation sites excluding steroid dienone is 1. The van der Waals surface area contributed by atoms with Crippen molar-refractivity contribution in [1.82, 2.24) is 4.98 Å². The lowest BCUT2D eigenvalue weighted by molar-refractivity contribution is -0.137. The third-order valence-corrected chi connectivity index (χ3v) is 8.32. The Hall–Kier alpha value is -3.58. The number of aromatic nitrogens is 1. The number of nitrogens with zero attached hydrogens (tertiary/aromatic N) is 2. The summed E-state index contributed by atoms with van der Waals surface area (Å²) in [5.41, 5.74) is 5.56. The van der Waals surface area contributed by atoms with Crippen LogP contribution in [0.4, 0.5) is 18.2 Å². The second-order valence-corrected chi connectivity index (χ2v) is 11.8. The first kappa shape index (κ1) is 29.4. The molecular formula is C33H35F3N2OS. The molecule has 0 bridgehead atoms. The number of benzene rings is 3. The maximum atomic E-state index is 13.1. The lowest BCUT2D eigenvalue weighted by Gasteiger charge is -2.26. The van der Waals surface area contributed by atoms with Crippen LogP contribution in [0.3, 0.4) is 0 Å². The minimum Gasteiger partial charge on any atom is -0.496 e. The fraction of sp³-hybridized carbons (Fsp3) is 0.303. The van der Waals surface area contributed by atoms with Gasteiger partial charge in [0.15, 0.2) is 0 Å². The van der Waals surface area contributed by atoms with Gasteiger partial charge >= 0.3 is 6.18 Å². The number of alkyl halides is 3. The number of anilines is 1. The Morgan fingerprint density at radius 2 is 1.65 bits per heavy atom. The number of hydrogen-bond acceptors (Lipinski definition) is 4. The van der Waals surface area contributed by atoms with Crippen molar-refractivity contribution in [2.24, 2.45) is 5.41 Å². The molecule has 210 valence electrons.